The fourth-order valence-corrected chi connectivity index (χ4v) is 2.46. The summed E-state index contributed by atoms with van der Waals surface area (Å²) in [5, 5.41) is 7.14. The van der Waals surface area contributed by atoms with Crippen molar-refractivity contribution in [3.8, 4) is 18.4 Å². The molecule has 1 unspecified atom stereocenters. The first-order chi connectivity index (χ1) is 8.23. The van der Waals surface area contributed by atoms with Crippen LogP contribution in [-0.4, -0.2) is 38.8 Å². The van der Waals surface area contributed by atoms with Crippen LogP contribution in [-0.2, 0) is 14.6 Å². The van der Waals surface area contributed by atoms with Crippen LogP contribution in [0.25, 0.3) is 0 Å². The van der Waals surface area contributed by atoms with Crippen LogP contribution in [0, 0.1) is 23.7 Å². The van der Waals surface area contributed by atoms with E-state index in [9.17, 15) is 21.6 Å². The lowest BCUT2D eigenvalue weighted by atomic mass is 10.3. The molecule has 0 aliphatic heterocycles. The zero-order valence-electron chi connectivity index (χ0n) is 9.40. The van der Waals surface area contributed by atoms with Crippen molar-refractivity contribution in [1.29, 1.82) is 5.26 Å². The van der Waals surface area contributed by atoms with Gasteiger partial charge in [0.2, 0.25) is 0 Å². The molecule has 0 heterocycles. The molecule has 1 atom stereocenters. The van der Waals surface area contributed by atoms with E-state index in [1.807, 2.05) is 0 Å². The average Bonchev–Trinajstić information content (AvgIpc) is 2.25. The van der Waals surface area contributed by atoms with E-state index in [1.54, 1.807) is 0 Å². The molecule has 8 heteroatoms. The van der Waals surface area contributed by atoms with Gasteiger partial charge in [-0.1, -0.05) is 5.92 Å². The molecular weight excluding hydrogens is 271 g/mol. The predicted octanol–water partition coefficient (Wildman–Crippen LogP) is 1.29. The summed E-state index contributed by atoms with van der Waals surface area (Å²) in [5.74, 6) is 1.05. The van der Waals surface area contributed by atoms with Gasteiger partial charge < -0.3 is 4.74 Å². The quantitative estimate of drug-likeness (QED) is 0.521. The molecule has 102 valence electrons. The highest BCUT2D eigenvalue weighted by atomic mass is 32.2. The summed E-state index contributed by atoms with van der Waals surface area (Å²) in [4.78, 5) is 0. The smallest absolute Gasteiger partial charge is 0.369 e. The molecular formula is C10H12F3NO3S. The highest BCUT2D eigenvalue weighted by Gasteiger charge is 2.33. The average molecular weight is 283 g/mol. The molecule has 0 rings (SSSR count). The normalized spacial score (nSPS) is 13.6. The number of nitrogens with zero attached hydrogens (tertiary/aromatic N) is 1. The van der Waals surface area contributed by atoms with E-state index in [-0.39, 0.29) is 19.6 Å². The summed E-state index contributed by atoms with van der Waals surface area (Å²) >= 11 is 0. The van der Waals surface area contributed by atoms with Gasteiger partial charge in [-0.2, -0.15) is 18.4 Å². The van der Waals surface area contributed by atoms with E-state index >= 15 is 0 Å². The SMILES string of the molecule is C#CCOCCC(C#N)S(=O)(=O)CCC(F)(F)F. The standard InChI is InChI=1S/C10H12F3NO3S/c1-2-5-17-6-3-9(8-14)18(15,16)7-4-10(11,12)13/h1,9H,3-7H2. The van der Waals surface area contributed by atoms with Gasteiger partial charge in [0.15, 0.2) is 9.84 Å². The Hall–Kier alpha value is -1.25. The van der Waals surface area contributed by atoms with Crippen molar-refractivity contribution < 1.29 is 26.3 Å². The first kappa shape index (κ1) is 16.8. The van der Waals surface area contributed by atoms with Gasteiger partial charge in [-0.25, -0.2) is 8.42 Å². The Morgan fingerprint density at radius 1 is 1.39 bits per heavy atom. The molecule has 0 aromatic heterocycles. The fraction of sp³-hybridized carbons (Fsp3) is 0.700. The number of halogens is 3. The molecule has 0 radical (unpaired) electrons. The van der Waals surface area contributed by atoms with Crippen LogP contribution >= 0.6 is 0 Å². The second kappa shape index (κ2) is 7.24. The number of sulfone groups is 1. The molecule has 0 aromatic rings. The minimum Gasteiger partial charge on any atom is -0.369 e. The Bertz CT molecular complexity index is 431. The minimum absolute atomic E-state index is 0.0409. The maximum atomic E-state index is 11.9. The summed E-state index contributed by atoms with van der Waals surface area (Å²) < 4.78 is 63.4. The number of alkyl halides is 3. The molecule has 0 amide bonds. The summed E-state index contributed by atoms with van der Waals surface area (Å²) in [6, 6.07) is 1.47. The Morgan fingerprint density at radius 3 is 2.44 bits per heavy atom. The van der Waals surface area contributed by atoms with Gasteiger partial charge in [0, 0.05) is 6.42 Å². The van der Waals surface area contributed by atoms with Gasteiger partial charge in [-0.15, -0.1) is 6.42 Å². The van der Waals surface area contributed by atoms with Crippen molar-refractivity contribution in [2.75, 3.05) is 19.0 Å². The van der Waals surface area contributed by atoms with E-state index in [2.05, 4.69) is 5.92 Å². The minimum atomic E-state index is -4.56. The van der Waals surface area contributed by atoms with Crippen LogP contribution in [0.5, 0.6) is 0 Å². The third-order valence-corrected chi connectivity index (χ3v) is 3.94. The molecule has 0 saturated carbocycles. The maximum Gasteiger partial charge on any atom is 0.390 e. The summed E-state index contributed by atoms with van der Waals surface area (Å²) in [5.41, 5.74) is 0. The van der Waals surface area contributed by atoms with Crippen molar-refractivity contribution in [1.82, 2.24) is 0 Å². The maximum absolute atomic E-state index is 11.9. The van der Waals surface area contributed by atoms with Gasteiger partial charge in [0.25, 0.3) is 0 Å². The monoisotopic (exact) mass is 283 g/mol. The van der Waals surface area contributed by atoms with Crippen LogP contribution in [0.4, 0.5) is 13.2 Å². The number of ether oxygens (including phenoxy) is 1. The van der Waals surface area contributed by atoms with Gasteiger partial charge in [-0.05, 0) is 0 Å². The van der Waals surface area contributed by atoms with Crippen LogP contribution in [0.2, 0.25) is 0 Å². The second-order valence-corrected chi connectivity index (χ2v) is 5.70. The number of hydrogen-bond donors (Lipinski definition) is 0. The van der Waals surface area contributed by atoms with Crippen LogP contribution in [0.3, 0.4) is 0 Å². The van der Waals surface area contributed by atoms with E-state index in [1.165, 1.54) is 6.07 Å². The fourth-order valence-electron chi connectivity index (χ4n) is 1.05. The molecule has 0 N–H and O–H groups in total. The predicted molar refractivity (Wildman–Crippen MR) is 58.1 cm³/mol. The van der Waals surface area contributed by atoms with Crippen molar-refractivity contribution in [2.24, 2.45) is 0 Å². The second-order valence-electron chi connectivity index (χ2n) is 3.40. The first-order valence-electron chi connectivity index (χ1n) is 4.92. The molecule has 0 saturated heterocycles. The molecule has 18 heavy (non-hydrogen) atoms. The van der Waals surface area contributed by atoms with Crippen molar-refractivity contribution >= 4 is 9.84 Å². The Kier molecular flexibility index (Phi) is 6.74. The van der Waals surface area contributed by atoms with E-state index in [0.717, 1.165) is 0 Å². The van der Waals surface area contributed by atoms with Crippen LogP contribution < -0.4 is 0 Å². The largest absolute Gasteiger partial charge is 0.390 e. The lowest BCUT2D eigenvalue weighted by Crippen LogP contribution is -2.27. The summed E-state index contributed by atoms with van der Waals surface area (Å²) in [6.45, 7) is -0.131. The Labute approximate surface area is 104 Å². The lowest BCUT2D eigenvalue weighted by molar-refractivity contribution is -0.129. The van der Waals surface area contributed by atoms with Gasteiger partial charge in [-0.3, -0.25) is 0 Å². The molecule has 0 fully saturated rings. The highest BCUT2D eigenvalue weighted by molar-refractivity contribution is 7.92. The van der Waals surface area contributed by atoms with Crippen molar-refractivity contribution in [3.63, 3.8) is 0 Å². The van der Waals surface area contributed by atoms with E-state index < -0.39 is 33.4 Å². The van der Waals surface area contributed by atoms with Crippen molar-refractivity contribution in [2.45, 2.75) is 24.3 Å². The Morgan fingerprint density at radius 2 is 2.00 bits per heavy atom. The zero-order chi connectivity index (χ0) is 14.2. The lowest BCUT2D eigenvalue weighted by Gasteiger charge is -2.11. The zero-order valence-corrected chi connectivity index (χ0v) is 10.2. The molecule has 4 nitrogen and oxygen atoms in total. The number of terminal acetylenes is 1. The van der Waals surface area contributed by atoms with Gasteiger partial charge in [0.1, 0.15) is 11.9 Å². The third kappa shape index (κ3) is 7.15. The molecule has 0 aliphatic rings. The molecule has 0 spiro atoms. The summed E-state index contributed by atoms with van der Waals surface area (Å²) in [7, 11) is -4.11. The van der Waals surface area contributed by atoms with Gasteiger partial charge in [0.05, 0.1) is 24.8 Å². The van der Waals surface area contributed by atoms with E-state index in [4.69, 9.17) is 16.4 Å². The first-order valence-corrected chi connectivity index (χ1v) is 6.63. The topological polar surface area (TPSA) is 67.2 Å². The summed E-state index contributed by atoms with van der Waals surface area (Å²) in [6.07, 6.45) is -1.34. The van der Waals surface area contributed by atoms with Crippen LogP contribution in [0.15, 0.2) is 0 Å². The molecule has 0 aliphatic carbocycles. The third-order valence-electron chi connectivity index (χ3n) is 1.96. The molecule has 0 aromatic carbocycles. The highest BCUT2D eigenvalue weighted by Crippen LogP contribution is 2.21. The van der Waals surface area contributed by atoms with E-state index in [0.29, 0.717) is 0 Å². The Balaban J connectivity index is 4.37. The van der Waals surface area contributed by atoms with Gasteiger partial charge >= 0.3 is 6.18 Å². The number of nitriles is 1. The molecule has 0 bridgehead atoms. The number of rotatable bonds is 7. The number of hydrogen-bond acceptors (Lipinski definition) is 4. The van der Waals surface area contributed by atoms with Crippen molar-refractivity contribution in [3.05, 3.63) is 0 Å². The van der Waals surface area contributed by atoms with Crippen LogP contribution in [0.1, 0.15) is 12.8 Å².